The van der Waals surface area contributed by atoms with E-state index in [1.54, 1.807) is 6.92 Å². The number of carbonyl (C=O) groups excluding carboxylic acids is 1. The standard InChI is InChI=1S/C14H20O6/c1-2-5-11(15)20-9-8-14(13(18)19)7-4-3-6-10(14)12(16)17/h2,5,10H,3-4,6-9H2,1H3,(H,16,17)(H,18,19). The Hall–Kier alpha value is -1.85. The maximum Gasteiger partial charge on any atom is 0.330 e. The summed E-state index contributed by atoms with van der Waals surface area (Å²) in [6.07, 6.45) is 4.84. The van der Waals surface area contributed by atoms with Crippen molar-refractivity contribution in [3.8, 4) is 0 Å². The van der Waals surface area contributed by atoms with Gasteiger partial charge in [-0.1, -0.05) is 18.9 Å². The molecule has 0 spiro atoms. The van der Waals surface area contributed by atoms with Gasteiger partial charge >= 0.3 is 17.9 Å². The van der Waals surface area contributed by atoms with Crippen LogP contribution in [0, 0.1) is 11.3 Å². The molecule has 0 saturated heterocycles. The highest BCUT2D eigenvalue weighted by molar-refractivity contribution is 5.84. The lowest BCUT2D eigenvalue weighted by molar-refractivity contribution is -0.168. The second-order valence-electron chi connectivity index (χ2n) is 5.02. The third-order valence-electron chi connectivity index (χ3n) is 3.85. The monoisotopic (exact) mass is 284 g/mol. The predicted octanol–water partition coefficient (Wildman–Crippen LogP) is 1.84. The Balaban J connectivity index is 2.77. The third-order valence-corrected chi connectivity index (χ3v) is 3.85. The molecular formula is C14H20O6. The molecular weight excluding hydrogens is 264 g/mol. The number of hydrogen-bond acceptors (Lipinski definition) is 4. The highest BCUT2D eigenvalue weighted by Crippen LogP contribution is 2.44. The van der Waals surface area contributed by atoms with E-state index in [9.17, 15) is 24.6 Å². The van der Waals surface area contributed by atoms with E-state index in [1.807, 2.05) is 0 Å². The van der Waals surface area contributed by atoms with Crippen molar-refractivity contribution in [1.29, 1.82) is 0 Å². The molecule has 1 fully saturated rings. The van der Waals surface area contributed by atoms with Crippen molar-refractivity contribution >= 4 is 17.9 Å². The Labute approximate surface area is 117 Å². The molecule has 2 unspecified atom stereocenters. The van der Waals surface area contributed by atoms with Gasteiger partial charge < -0.3 is 14.9 Å². The summed E-state index contributed by atoms with van der Waals surface area (Å²) >= 11 is 0. The van der Waals surface area contributed by atoms with E-state index in [2.05, 4.69) is 0 Å². The molecule has 0 aromatic heterocycles. The quantitative estimate of drug-likeness (QED) is 0.570. The fourth-order valence-electron chi connectivity index (χ4n) is 2.78. The van der Waals surface area contributed by atoms with Crippen LogP contribution < -0.4 is 0 Å². The molecule has 6 nitrogen and oxygen atoms in total. The number of allylic oxidation sites excluding steroid dienone is 1. The average Bonchev–Trinajstić information content (AvgIpc) is 2.39. The second-order valence-corrected chi connectivity index (χ2v) is 5.02. The molecule has 112 valence electrons. The number of aliphatic carboxylic acids is 2. The molecule has 0 aliphatic heterocycles. The van der Waals surface area contributed by atoms with Crippen LogP contribution >= 0.6 is 0 Å². The Morgan fingerprint density at radius 1 is 1.30 bits per heavy atom. The minimum Gasteiger partial charge on any atom is -0.481 e. The van der Waals surface area contributed by atoms with Crippen LogP contribution in [0.2, 0.25) is 0 Å². The van der Waals surface area contributed by atoms with Crippen LogP contribution in [0.4, 0.5) is 0 Å². The highest BCUT2D eigenvalue weighted by atomic mass is 16.5. The van der Waals surface area contributed by atoms with E-state index >= 15 is 0 Å². The van der Waals surface area contributed by atoms with Crippen molar-refractivity contribution < 1.29 is 29.3 Å². The Morgan fingerprint density at radius 2 is 2.00 bits per heavy atom. The van der Waals surface area contributed by atoms with Gasteiger partial charge in [-0.05, 0) is 26.2 Å². The van der Waals surface area contributed by atoms with Gasteiger partial charge in [-0.2, -0.15) is 0 Å². The van der Waals surface area contributed by atoms with Gasteiger partial charge in [0.15, 0.2) is 0 Å². The van der Waals surface area contributed by atoms with E-state index in [0.717, 1.165) is 0 Å². The van der Waals surface area contributed by atoms with Crippen molar-refractivity contribution in [3.05, 3.63) is 12.2 Å². The Morgan fingerprint density at radius 3 is 2.55 bits per heavy atom. The molecule has 0 radical (unpaired) electrons. The van der Waals surface area contributed by atoms with E-state index in [1.165, 1.54) is 12.2 Å². The number of hydrogen-bond donors (Lipinski definition) is 2. The molecule has 0 amide bonds. The SMILES string of the molecule is CC=CC(=O)OCCC1(C(=O)O)CCCCC1C(=O)O. The fraction of sp³-hybridized carbons (Fsp3) is 0.643. The fourth-order valence-corrected chi connectivity index (χ4v) is 2.78. The van der Waals surface area contributed by atoms with Crippen molar-refractivity contribution in [2.24, 2.45) is 11.3 Å². The predicted molar refractivity (Wildman–Crippen MR) is 70.1 cm³/mol. The Kier molecular flexibility index (Phi) is 5.73. The number of carboxylic acids is 2. The normalized spacial score (nSPS) is 26.4. The van der Waals surface area contributed by atoms with E-state index in [-0.39, 0.29) is 13.0 Å². The minimum atomic E-state index is -1.33. The van der Waals surface area contributed by atoms with E-state index in [0.29, 0.717) is 25.7 Å². The lowest BCUT2D eigenvalue weighted by Crippen LogP contribution is -2.45. The van der Waals surface area contributed by atoms with Gasteiger partial charge in [0.2, 0.25) is 0 Å². The molecule has 20 heavy (non-hydrogen) atoms. The molecule has 6 heteroatoms. The van der Waals surface area contributed by atoms with Crippen molar-refractivity contribution in [3.63, 3.8) is 0 Å². The number of carbonyl (C=O) groups is 3. The van der Waals surface area contributed by atoms with Crippen LogP contribution in [-0.4, -0.2) is 34.7 Å². The van der Waals surface area contributed by atoms with Crippen molar-refractivity contribution in [1.82, 2.24) is 0 Å². The third kappa shape index (κ3) is 3.59. The molecule has 0 aromatic rings. The number of ether oxygens (including phenoxy) is 1. The first kappa shape index (κ1) is 16.2. The molecule has 0 bridgehead atoms. The zero-order chi connectivity index (χ0) is 15.2. The van der Waals surface area contributed by atoms with Crippen LogP contribution in [0.15, 0.2) is 12.2 Å². The summed E-state index contributed by atoms with van der Waals surface area (Å²) < 4.78 is 4.91. The largest absolute Gasteiger partial charge is 0.481 e. The van der Waals surface area contributed by atoms with Crippen LogP contribution in [0.5, 0.6) is 0 Å². The maximum atomic E-state index is 11.6. The summed E-state index contributed by atoms with van der Waals surface area (Å²) in [4.78, 5) is 34.1. The summed E-state index contributed by atoms with van der Waals surface area (Å²) in [5.74, 6) is -3.68. The van der Waals surface area contributed by atoms with Crippen molar-refractivity contribution in [2.75, 3.05) is 6.61 Å². The van der Waals surface area contributed by atoms with Crippen LogP contribution in [0.1, 0.15) is 39.0 Å². The van der Waals surface area contributed by atoms with Gasteiger partial charge in [-0.3, -0.25) is 9.59 Å². The number of rotatable bonds is 6. The highest BCUT2D eigenvalue weighted by Gasteiger charge is 2.50. The van der Waals surface area contributed by atoms with Gasteiger partial charge in [0.1, 0.15) is 0 Å². The van der Waals surface area contributed by atoms with Crippen LogP contribution in [0.25, 0.3) is 0 Å². The summed E-state index contributed by atoms with van der Waals surface area (Å²) in [5.41, 5.74) is -1.33. The summed E-state index contributed by atoms with van der Waals surface area (Å²) in [5, 5.41) is 18.7. The lowest BCUT2D eigenvalue weighted by Gasteiger charge is -2.38. The topological polar surface area (TPSA) is 101 Å². The van der Waals surface area contributed by atoms with Gasteiger partial charge in [-0.25, -0.2) is 4.79 Å². The maximum absolute atomic E-state index is 11.6. The zero-order valence-corrected chi connectivity index (χ0v) is 11.5. The average molecular weight is 284 g/mol. The molecule has 2 atom stereocenters. The van der Waals surface area contributed by atoms with Gasteiger partial charge in [0.05, 0.1) is 17.9 Å². The zero-order valence-electron chi connectivity index (χ0n) is 11.5. The molecule has 1 aliphatic carbocycles. The first-order valence-corrected chi connectivity index (χ1v) is 6.69. The van der Waals surface area contributed by atoms with E-state index < -0.39 is 29.2 Å². The van der Waals surface area contributed by atoms with Gasteiger partial charge in [0, 0.05) is 6.08 Å². The van der Waals surface area contributed by atoms with E-state index in [4.69, 9.17) is 4.74 Å². The molecule has 2 N–H and O–H groups in total. The molecule has 0 aromatic carbocycles. The van der Waals surface area contributed by atoms with Gasteiger partial charge in [0.25, 0.3) is 0 Å². The smallest absolute Gasteiger partial charge is 0.330 e. The molecule has 1 saturated carbocycles. The summed E-state index contributed by atoms with van der Waals surface area (Å²) in [7, 11) is 0. The van der Waals surface area contributed by atoms with Crippen LogP contribution in [0.3, 0.4) is 0 Å². The summed E-state index contributed by atoms with van der Waals surface area (Å²) in [6.45, 7) is 1.58. The summed E-state index contributed by atoms with van der Waals surface area (Å²) in [6, 6.07) is 0. The van der Waals surface area contributed by atoms with Gasteiger partial charge in [-0.15, -0.1) is 0 Å². The number of carboxylic acid groups (broad SMARTS) is 2. The number of esters is 1. The van der Waals surface area contributed by atoms with Crippen LogP contribution in [-0.2, 0) is 19.1 Å². The van der Waals surface area contributed by atoms with Crippen molar-refractivity contribution in [2.45, 2.75) is 39.0 Å². The lowest BCUT2D eigenvalue weighted by atomic mass is 9.64. The Bertz CT molecular complexity index is 414. The minimum absolute atomic E-state index is 0.0304. The second kappa shape index (κ2) is 7.07. The molecule has 0 heterocycles. The molecule has 1 rings (SSSR count). The molecule has 1 aliphatic rings. The first-order valence-electron chi connectivity index (χ1n) is 6.69. The first-order chi connectivity index (χ1) is 9.44.